The molecule has 0 aromatic carbocycles. The Hall–Kier alpha value is -0.0400. The van der Waals surface area contributed by atoms with E-state index in [2.05, 4.69) is 0 Å². The van der Waals surface area contributed by atoms with Gasteiger partial charge >= 0.3 is 0 Å². The Kier molecular flexibility index (Phi) is 1.52. The van der Waals surface area contributed by atoms with E-state index in [1.54, 1.807) is 0 Å². The Morgan fingerprint density at radius 3 is 2.58 bits per heavy atom. The lowest BCUT2D eigenvalue weighted by Gasteiger charge is -2.53. The number of aliphatic hydroxyl groups is 1. The molecule has 4 bridgehead atoms. The van der Waals surface area contributed by atoms with Gasteiger partial charge in [0.15, 0.2) is 0 Å². The monoisotopic (exact) mass is 166 g/mol. The summed E-state index contributed by atoms with van der Waals surface area (Å²) in [4.78, 5) is 0. The summed E-state index contributed by atoms with van der Waals surface area (Å²) in [7, 11) is 0. The van der Waals surface area contributed by atoms with Crippen molar-refractivity contribution >= 4 is 0 Å². The highest BCUT2D eigenvalue weighted by Crippen LogP contribution is 2.54. The van der Waals surface area contributed by atoms with Crippen LogP contribution >= 0.6 is 0 Å². The summed E-state index contributed by atoms with van der Waals surface area (Å²) in [6.45, 7) is 0. The average Bonchev–Trinajstić information content (AvgIpc) is 2.13. The lowest BCUT2D eigenvalue weighted by Crippen LogP contribution is -2.50. The van der Waals surface area contributed by atoms with Crippen LogP contribution < -0.4 is 0 Å². The molecule has 0 aromatic rings. The van der Waals surface area contributed by atoms with Gasteiger partial charge in [0.05, 0.1) is 6.10 Å². The summed E-state index contributed by atoms with van der Waals surface area (Å²) in [5, 5.41) is 10.0. The maximum absolute atomic E-state index is 10.0. The van der Waals surface area contributed by atoms with Crippen molar-refractivity contribution in [3.63, 3.8) is 0 Å². The van der Waals surface area contributed by atoms with Crippen molar-refractivity contribution < 1.29 is 5.11 Å². The fourth-order valence-corrected chi connectivity index (χ4v) is 4.13. The van der Waals surface area contributed by atoms with Crippen molar-refractivity contribution in [3.8, 4) is 0 Å². The zero-order valence-electron chi connectivity index (χ0n) is 7.58. The molecule has 0 radical (unpaired) electrons. The van der Waals surface area contributed by atoms with Crippen molar-refractivity contribution in [1.82, 2.24) is 0 Å². The van der Waals surface area contributed by atoms with Gasteiger partial charge in [-0.25, -0.2) is 0 Å². The first kappa shape index (κ1) is 7.37. The lowest BCUT2D eigenvalue weighted by atomic mass is 9.53. The quantitative estimate of drug-likeness (QED) is 0.585. The summed E-state index contributed by atoms with van der Waals surface area (Å²) in [6.07, 6.45) is 8.34. The fraction of sp³-hybridized carbons (Fsp3) is 1.00. The van der Waals surface area contributed by atoms with Gasteiger partial charge in [-0.05, 0) is 49.4 Å². The van der Waals surface area contributed by atoms with Crippen LogP contribution in [0.25, 0.3) is 0 Å². The molecule has 12 heavy (non-hydrogen) atoms. The molecule has 4 aliphatic carbocycles. The topological polar surface area (TPSA) is 20.2 Å². The molecule has 1 nitrogen and oxygen atoms in total. The van der Waals surface area contributed by atoms with Gasteiger partial charge in [-0.1, -0.05) is 12.8 Å². The third-order valence-corrected chi connectivity index (χ3v) is 4.67. The first-order valence-electron chi connectivity index (χ1n) is 5.54. The van der Waals surface area contributed by atoms with Gasteiger partial charge in [0.2, 0.25) is 0 Å². The van der Waals surface area contributed by atoms with Crippen molar-refractivity contribution in [1.29, 1.82) is 0 Å². The normalized spacial score (nSPS) is 57.2. The largest absolute Gasteiger partial charge is 0.393 e. The fourth-order valence-electron chi connectivity index (χ4n) is 4.13. The van der Waals surface area contributed by atoms with Crippen molar-refractivity contribution in [2.75, 3.05) is 0 Å². The lowest BCUT2D eigenvalue weighted by molar-refractivity contribution is -0.107. The van der Waals surface area contributed by atoms with E-state index in [1.165, 1.54) is 38.5 Å². The van der Waals surface area contributed by atoms with Crippen molar-refractivity contribution in [2.45, 2.75) is 44.6 Å². The zero-order chi connectivity index (χ0) is 8.13. The standard InChI is InChI=1S/C11H18O/c12-11-8-4-5-9-7(6-8)2-1-3-10(9)11/h7-12H,1-6H2/t7?,8?,9?,10?,11-/m0/s1. The van der Waals surface area contributed by atoms with Crippen LogP contribution in [0.15, 0.2) is 0 Å². The van der Waals surface area contributed by atoms with Gasteiger partial charge < -0.3 is 5.11 Å². The van der Waals surface area contributed by atoms with E-state index < -0.39 is 0 Å². The number of aliphatic hydroxyl groups excluding tert-OH is 1. The molecule has 68 valence electrons. The Balaban J connectivity index is 1.91. The highest BCUT2D eigenvalue weighted by atomic mass is 16.3. The second kappa shape index (κ2) is 2.47. The van der Waals surface area contributed by atoms with Crippen LogP contribution in [0.2, 0.25) is 0 Å². The third-order valence-electron chi connectivity index (χ3n) is 4.67. The minimum absolute atomic E-state index is 0.0836. The van der Waals surface area contributed by atoms with E-state index in [-0.39, 0.29) is 6.10 Å². The molecule has 4 rings (SSSR count). The highest BCUT2D eigenvalue weighted by Gasteiger charge is 2.48. The molecule has 0 heterocycles. The molecule has 0 saturated heterocycles. The van der Waals surface area contributed by atoms with Crippen LogP contribution in [-0.2, 0) is 0 Å². The van der Waals surface area contributed by atoms with Crippen LogP contribution in [0.5, 0.6) is 0 Å². The summed E-state index contributed by atoms with van der Waals surface area (Å²) >= 11 is 0. The minimum atomic E-state index is 0.0836. The van der Waals surface area contributed by atoms with Crippen molar-refractivity contribution in [3.05, 3.63) is 0 Å². The van der Waals surface area contributed by atoms with Crippen LogP contribution in [-0.4, -0.2) is 11.2 Å². The van der Waals surface area contributed by atoms with Gasteiger partial charge in [-0.15, -0.1) is 0 Å². The Morgan fingerprint density at radius 1 is 0.833 bits per heavy atom. The van der Waals surface area contributed by atoms with Gasteiger partial charge in [-0.3, -0.25) is 0 Å². The number of hydrogen-bond donors (Lipinski definition) is 1. The SMILES string of the molecule is O[C@H]1C2CCC3C(CCCC31)C2. The van der Waals surface area contributed by atoms with Crippen molar-refractivity contribution in [2.24, 2.45) is 23.7 Å². The predicted octanol–water partition coefficient (Wildman–Crippen LogP) is 2.19. The molecule has 5 atom stereocenters. The van der Waals surface area contributed by atoms with Gasteiger partial charge in [0.1, 0.15) is 0 Å². The van der Waals surface area contributed by atoms with Crippen LogP contribution in [0.3, 0.4) is 0 Å². The van der Waals surface area contributed by atoms with Gasteiger partial charge in [-0.2, -0.15) is 0 Å². The minimum Gasteiger partial charge on any atom is -0.393 e. The molecule has 0 spiro atoms. The van der Waals surface area contributed by atoms with E-state index in [4.69, 9.17) is 0 Å². The Labute approximate surface area is 74.2 Å². The first-order valence-corrected chi connectivity index (χ1v) is 5.54. The van der Waals surface area contributed by atoms with Gasteiger partial charge in [0.25, 0.3) is 0 Å². The van der Waals surface area contributed by atoms with Gasteiger partial charge in [0, 0.05) is 0 Å². The van der Waals surface area contributed by atoms with Crippen LogP contribution in [0, 0.1) is 23.7 Å². The molecular weight excluding hydrogens is 148 g/mol. The van der Waals surface area contributed by atoms with E-state index in [0.717, 1.165) is 11.8 Å². The number of rotatable bonds is 0. The molecule has 4 fully saturated rings. The maximum Gasteiger partial charge on any atom is 0.0599 e. The predicted molar refractivity (Wildman–Crippen MR) is 47.7 cm³/mol. The molecule has 4 aliphatic rings. The second-order valence-corrected chi connectivity index (χ2v) is 5.08. The molecule has 1 N–H and O–H groups in total. The van der Waals surface area contributed by atoms with E-state index in [0.29, 0.717) is 11.8 Å². The summed E-state index contributed by atoms with van der Waals surface area (Å²) < 4.78 is 0. The van der Waals surface area contributed by atoms with E-state index >= 15 is 0 Å². The zero-order valence-corrected chi connectivity index (χ0v) is 7.58. The molecule has 0 amide bonds. The van der Waals surface area contributed by atoms with E-state index in [9.17, 15) is 5.11 Å². The smallest absolute Gasteiger partial charge is 0.0599 e. The molecule has 4 unspecified atom stereocenters. The Bertz CT molecular complexity index is 181. The Morgan fingerprint density at radius 2 is 1.75 bits per heavy atom. The summed E-state index contributed by atoms with van der Waals surface area (Å²) in [5.41, 5.74) is 0. The summed E-state index contributed by atoms with van der Waals surface area (Å²) in [6, 6.07) is 0. The maximum atomic E-state index is 10.0. The number of fused-ring (bicyclic) bond motifs is 1. The average molecular weight is 166 g/mol. The first-order chi connectivity index (χ1) is 5.86. The third kappa shape index (κ3) is 0.834. The molecule has 0 aromatic heterocycles. The highest BCUT2D eigenvalue weighted by molar-refractivity contribution is 4.99. The molecular formula is C11H18O. The number of hydrogen-bond acceptors (Lipinski definition) is 1. The molecule has 1 heteroatoms. The van der Waals surface area contributed by atoms with E-state index in [1.807, 2.05) is 0 Å². The molecule has 4 saturated carbocycles. The molecule has 0 aliphatic heterocycles. The second-order valence-electron chi connectivity index (χ2n) is 5.08. The van der Waals surface area contributed by atoms with Crippen LogP contribution in [0.1, 0.15) is 38.5 Å². The van der Waals surface area contributed by atoms with Crippen LogP contribution in [0.4, 0.5) is 0 Å². The summed E-state index contributed by atoms with van der Waals surface area (Å²) in [5.74, 6) is 3.31.